The molecule has 0 aromatic heterocycles. The van der Waals surface area contributed by atoms with Crippen LogP contribution in [0.1, 0.15) is 24.2 Å². The van der Waals surface area contributed by atoms with E-state index >= 15 is 0 Å². The summed E-state index contributed by atoms with van der Waals surface area (Å²) in [4.78, 5) is 10.6. The molecule has 1 aromatic carbocycles. The van der Waals surface area contributed by atoms with Crippen LogP contribution < -0.4 is 4.74 Å². The van der Waals surface area contributed by atoms with Gasteiger partial charge in [-0.15, -0.1) is 0 Å². The Morgan fingerprint density at radius 3 is 2.41 bits per heavy atom. The van der Waals surface area contributed by atoms with Gasteiger partial charge < -0.3 is 9.84 Å². The van der Waals surface area contributed by atoms with E-state index < -0.39 is 16.8 Å². The van der Waals surface area contributed by atoms with Crippen LogP contribution in [0.5, 0.6) is 5.75 Å². The minimum Gasteiger partial charge on any atom is -0.493 e. The first-order valence-corrected chi connectivity index (χ1v) is 6.72. The molecule has 0 fully saturated rings. The second kappa shape index (κ2) is 6.39. The Hall–Kier alpha value is -1.36. The second-order valence-corrected chi connectivity index (χ2v) is 5.92. The smallest absolute Gasteiger partial charge is 0.335 e. The maximum absolute atomic E-state index is 11.4. The molecule has 0 bridgehead atoms. The van der Waals surface area contributed by atoms with Gasteiger partial charge in [-0.2, -0.15) is 0 Å². The minimum atomic E-state index is -0.961. The number of benzene rings is 1. The lowest BCUT2D eigenvalue weighted by Crippen LogP contribution is -2.15. The Labute approximate surface area is 103 Å². The van der Waals surface area contributed by atoms with Crippen LogP contribution in [-0.4, -0.2) is 32.9 Å². The maximum atomic E-state index is 11.4. The van der Waals surface area contributed by atoms with Crippen LogP contribution in [-0.2, 0) is 10.8 Å². The van der Waals surface area contributed by atoms with Crippen LogP contribution in [0.15, 0.2) is 24.3 Å². The third kappa shape index (κ3) is 4.56. The molecule has 1 atom stereocenters. The molecule has 0 spiro atoms. The molecule has 0 aliphatic heterocycles. The first-order valence-electron chi connectivity index (χ1n) is 5.34. The lowest BCUT2D eigenvalue weighted by molar-refractivity contribution is 0.0697. The fourth-order valence-corrected chi connectivity index (χ4v) is 1.89. The summed E-state index contributed by atoms with van der Waals surface area (Å²) in [6.07, 6.45) is 0. The number of ether oxygens (including phenoxy) is 1. The van der Waals surface area contributed by atoms with Crippen molar-refractivity contribution in [2.75, 3.05) is 12.4 Å². The van der Waals surface area contributed by atoms with Gasteiger partial charge in [0.2, 0.25) is 0 Å². The maximum Gasteiger partial charge on any atom is 0.335 e. The number of rotatable bonds is 6. The summed E-state index contributed by atoms with van der Waals surface area (Å²) in [6, 6.07) is 6.16. The van der Waals surface area contributed by atoms with Gasteiger partial charge in [0.15, 0.2) is 0 Å². The van der Waals surface area contributed by atoms with Crippen molar-refractivity contribution in [3.8, 4) is 5.75 Å². The Balaban J connectivity index is 2.42. The van der Waals surface area contributed by atoms with E-state index in [1.807, 2.05) is 13.8 Å². The molecule has 0 saturated carbocycles. The van der Waals surface area contributed by atoms with E-state index in [1.165, 1.54) is 12.1 Å². The molecule has 0 saturated heterocycles. The first-order chi connectivity index (χ1) is 8.00. The van der Waals surface area contributed by atoms with Crippen LogP contribution in [0.4, 0.5) is 0 Å². The fourth-order valence-electron chi connectivity index (χ4n) is 1.17. The van der Waals surface area contributed by atoms with Crippen molar-refractivity contribution in [1.82, 2.24) is 0 Å². The zero-order valence-electron chi connectivity index (χ0n) is 9.88. The van der Waals surface area contributed by atoms with Crippen molar-refractivity contribution in [3.63, 3.8) is 0 Å². The summed E-state index contributed by atoms with van der Waals surface area (Å²) in [6.45, 7) is 4.17. The molecule has 0 radical (unpaired) electrons. The Bertz CT molecular complexity index is 397. The normalized spacial score (nSPS) is 12.4. The van der Waals surface area contributed by atoms with Crippen molar-refractivity contribution in [2.45, 2.75) is 19.1 Å². The Morgan fingerprint density at radius 2 is 1.94 bits per heavy atom. The fraction of sp³-hybridized carbons (Fsp3) is 0.417. The molecule has 0 heterocycles. The Kier molecular flexibility index (Phi) is 5.15. The largest absolute Gasteiger partial charge is 0.493 e. The molecule has 1 N–H and O–H groups in total. The third-order valence-corrected chi connectivity index (χ3v) is 3.80. The molecule has 5 heteroatoms. The number of aromatic carboxylic acids is 1. The molecular formula is C12H16O4S. The van der Waals surface area contributed by atoms with E-state index in [0.717, 1.165) is 0 Å². The summed E-state index contributed by atoms with van der Waals surface area (Å²) in [5, 5.41) is 8.84. The SMILES string of the molecule is CC(C)S(=O)CCOc1ccc(C(=O)O)cc1. The monoisotopic (exact) mass is 256 g/mol. The summed E-state index contributed by atoms with van der Waals surface area (Å²) >= 11 is 0. The average Bonchev–Trinajstić information content (AvgIpc) is 2.29. The van der Waals surface area contributed by atoms with E-state index in [9.17, 15) is 9.00 Å². The van der Waals surface area contributed by atoms with Gasteiger partial charge >= 0.3 is 5.97 Å². The molecule has 0 aliphatic carbocycles. The van der Waals surface area contributed by atoms with Crippen molar-refractivity contribution < 1.29 is 18.8 Å². The molecule has 1 aromatic rings. The van der Waals surface area contributed by atoms with Gasteiger partial charge in [-0.25, -0.2) is 4.79 Å². The summed E-state index contributed by atoms with van der Waals surface area (Å²) in [5.41, 5.74) is 0.225. The highest BCUT2D eigenvalue weighted by Gasteiger charge is 2.05. The number of carboxylic acids is 1. The standard InChI is InChI=1S/C12H16O4S/c1-9(2)17(15)8-7-16-11-5-3-10(4-6-11)12(13)14/h3-6,9H,7-8H2,1-2H3,(H,13,14). The minimum absolute atomic E-state index is 0.132. The predicted molar refractivity (Wildman–Crippen MR) is 67.0 cm³/mol. The van der Waals surface area contributed by atoms with Crippen LogP contribution >= 0.6 is 0 Å². The highest BCUT2D eigenvalue weighted by atomic mass is 32.2. The quantitative estimate of drug-likeness (QED) is 0.844. The molecule has 1 rings (SSSR count). The van der Waals surface area contributed by atoms with Gasteiger partial charge in [0.1, 0.15) is 5.75 Å². The van der Waals surface area contributed by atoms with E-state index in [0.29, 0.717) is 18.1 Å². The van der Waals surface area contributed by atoms with Crippen molar-refractivity contribution in [2.24, 2.45) is 0 Å². The van der Waals surface area contributed by atoms with E-state index in [2.05, 4.69) is 0 Å². The molecule has 0 aliphatic rings. The van der Waals surface area contributed by atoms with Crippen molar-refractivity contribution in [1.29, 1.82) is 0 Å². The van der Waals surface area contributed by atoms with Gasteiger partial charge in [-0.3, -0.25) is 4.21 Å². The van der Waals surface area contributed by atoms with Gasteiger partial charge in [-0.05, 0) is 24.3 Å². The second-order valence-electron chi connectivity index (χ2n) is 3.81. The molecule has 0 amide bonds. The van der Waals surface area contributed by atoms with Crippen LogP contribution in [0, 0.1) is 0 Å². The third-order valence-electron chi connectivity index (χ3n) is 2.18. The van der Waals surface area contributed by atoms with Crippen LogP contribution in [0.2, 0.25) is 0 Å². The number of hydrogen-bond acceptors (Lipinski definition) is 3. The highest BCUT2D eigenvalue weighted by molar-refractivity contribution is 7.85. The number of carboxylic acid groups (broad SMARTS) is 1. The topological polar surface area (TPSA) is 63.6 Å². The lowest BCUT2D eigenvalue weighted by atomic mass is 10.2. The molecule has 4 nitrogen and oxygen atoms in total. The number of hydrogen-bond donors (Lipinski definition) is 1. The number of carbonyl (C=O) groups is 1. The summed E-state index contributed by atoms with van der Waals surface area (Å²) in [5.74, 6) is 0.117. The molecule has 94 valence electrons. The molecular weight excluding hydrogens is 240 g/mol. The summed E-state index contributed by atoms with van der Waals surface area (Å²) in [7, 11) is -0.876. The summed E-state index contributed by atoms with van der Waals surface area (Å²) < 4.78 is 16.8. The Morgan fingerprint density at radius 1 is 1.35 bits per heavy atom. The molecule has 17 heavy (non-hydrogen) atoms. The van der Waals surface area contributed by atoms with Crippen molar-refractivity contribution >= 4 is 16.8 Å². The van der Waals surface area contributed by atoms with Gasteiger partial charge in [-0.1, -0.05) is 13.8 Å². The van der Waals surface area contributed by atoms with Gasteiger partial charge in [0.25, 0.3) is 0 Å². The van der Waals surface area contributed by atoms with E-state index in [1.54, 1.807) is 12.1 Å². The van der Waals surface area contributed by atoms with Crippen LogP contribution in [0.25, 0.3) is 0 Å². The zero-order chi connectivity index (χ0) is 12.8. The highest BCUT2D eigenvalue weighted by Crippen LogP contribution is 2.12. The van der Waals surface area contributed by atoms with Gasteiger partial charge in [0, 0.05) is 16.0 Å². The molecule has 1 unspecified atom stereocenters. The average molecular weight is 256 g/mol. The van der Waals surface area contributed by atoms with Crippen molar-refractivity contribution in [3.05, 3.63) is 29.8 Å². The first kappa shape index (κ1) is 13.7. The van der Waals surface area contributed by atoms with E-state index in [4.69, 9.17) is 9.84 Å². The lowest BCUT2D eigenvalue weighted by Gasteiger charge is -2.08. The van der Waals surface area contributed by atoms with Gasteiger partial charge in [0.05, 0.1) is 17.9 Å². The predicted octanol–water partition coefficient (Wildman–Crippen LogP) is 1.92. The zero-order valence-corrected chi connectivity index (χ0v) is 10.7. The van der Waals surface area contributed by atoms with Crippen LogP contribution in [0.3, 0.4) is 0 Å². The van der Waals surface area contributed by atoms with E-state index in [-0.39, 0.29) is 10.8 Å².